The molecule has 0 fully saturated rings. The van der Waals surface area contributed by atoms with E-state index in [4.69, 9.17) is 28.4 Å². The van der Waals surface area contributed by atoms with Crippen molar-refractivity contribution in [3.8, 4) is 23.0 Å². The average Bonchev–Trinajstić information content (AvgIpc) is 3.50. The van der Waals surface area contributed by atoms with Gasteiger partial charge in [0.1, 0.15) is 0 Å². The van der Waals surface area contributed by atoms with Gasteiger partial charge in [-0.2, -0.15) is 0 Å². The van der Waals surface area contributed by atoms with Gasteiger partial charge in [-0.05, 0) is 48.9 Å². The van der Waals surface area contributed by atoms with Crippen molar-refractivity contribution in [2.45, 2.75) is 72.0 Å². The quantitative estimate of drug-likeness (QED) is 0.418. The fourth-order valence-electron chi connectivity index (χ4n) is 5.04. The highest BCUT2D eigenvalue weighted by molar-refractivity contribution is 9.10. The molecular weight excluding hydrogens is 500 g/mol. The van der Waals surface area contributed by atoms with E-state index in [1.165, 1.54) is 22.3 Å². The molecule has 0 N–H and O–H groups in total. The van der Waals surface area contributed by atoms with E-state index in [9.17, 15) is 0 Å². The van der Waals surface area contributed by atoms with Crippen molar-refractivity contribution in [2.75, 3.05) is 26.8 Å². The summed E-state index contributed by atoms with van der Waals surface area (Å²) in [5.41, 5.74) is 5.09. The largest absolute Gasteiger partial charge is 0.454 e. The van der Waals surface area contributed by atoms with Crippen LogP contribution in [0.2, 0.25) is 0 Å². The van der Waals surface area contributed by atoms with Crippen LogP contribution in [0.15, 0.2) is 22.7 Å². The van der Waals surface area contributed by atoms with Crippen LogP contribution in [0.25, 0.3) is 0 Å². The lowest BCUT2D eigenvalue weighted by atomic mass is 9.93. The minimum Gasteiger partial charge on any atom is -0.454 e. The highest BCUT2D eigenvalue weighted by Gasteiger charge is 2.31. The minimum absolute atomic E-state index is 0. The summed E-state index contributed by atoms with van der Waals surface area (Å²) in [5, 5.41) is 0. The first kappa shape index (κ1) is 25.1. The molecule has 2 atom stereocenters. The van der Waals surface area contributed by atoms with E-state index in [2.05, 4.69) is 35.8 Å². The highest BCUT2D eigenvalue weighted by Crippen LogP contribution is 2.48. The Hall–Kier alpha value is -1.96. The van der Waals surface area contributed by atoms with Crippen LogP contribution in [0.1, 0.15) is 81.4 Å². The third-order valence-corrected chi connectivity index (χ3v) is 7.24. The van der Waals surface area contributed by atoms with Crippen molar-refractivity contribution in [2.24, 2.45) is 0 Å². The molecule has 0 radical (unpaired) electrons. The predicted molar refractivity (Wildman–Crippen MR) is 134 cm³/mol. The highest BCUT2D eigenvalue weighted by atomic mass is 79.9. The summed E-state index contributed by atoms with van der Waals surface area (Å²) in [5.74, 6) is 3.50. The maximum atomic E-state index is 5.87. The Labute approximate surface area is 210 Å². The van der Waals surface area contributed by atoms with E-state index in [1.807, 2.05) is 12.1 Å². The van der Waals surface area contributed by atoms with E-state index >= 15 is 0 Å². The van der Waals surface area contributed by atoms with Crippen molar-refractivity contribution >= 4 is 15.9 Å². The molecule has 0 bridgehead atoms. The molecule has 4 heterocycles. The predicted octanol–water partition coefficient (Wildman–Crippen LogP) is 7.06. The SMILES string of the molecule is C.CCCC1OCCc2c(Br)cc3c(c21)OCO3.CCCC1OCCc2ccc3c(c21)OCO3. The summed E-state index contributed by atoms with van der Waals surface area (Å²) in [4.78, 5) is 0. The molecule has 34 heavy (non-hydrogen) atoms. The monoisotopic (exact) mass is 534 g/mol. The lowest BCUT2D eigenvalue weighted by Crippen LogP contribution is -2.17. The van der Waals surface area contributed by atoms with E-state index in [0.717, 1.165) is 79.2 Å². The Morgan fingerprint density at radius 2 is 1.41 bits per heavy atom. The maximum Gasteiger partial charge on any atom is 0.231 e. The zero-order valence-electron chi connectivity index (χ0n) is 19.3. The van der Waals surface area contributed by atoms with Gasteiger partial charge in [0.2, 0.25) is 13.6 Å². The number of fused-ring (bicyclic) bond motifs is 6. The van der Waals surface area contributed by atoms with Crippen LogP contribution in [-0.4, -0.2) is 26.8 Å². The topological polar surface area (TPSA) is 55.4 Å². The van der Waals surface area contributed by atoms with Gasteiger partial charge in [-0.15, -0.1) is 0 Å². The Morgan fingerprint density at radius 3 is 2.12 bits per heavy atom. The molecule has 0 aromatic heterocycles. The molecule has 7 heteroatoms. The number of hydrogen-bond donors (Lipinski definition) is 0. The molecule has 4 aliphatic heterocycles. The Balaban J connectivity index is 0.000000157. The van der Waals surface area contributed by atoms with Crippen LogP contribution >= 0.6 is 15.9 Å². The van der Waals surface area contributed by atoms with Gasteiger partial charge in [-0.3, -0.25) is 0 Å². The first-order valence-corrected chi connectivity index (χ1v) is 12.8. The molecule has 0 saturated heterocycles. The van der Waals surface area contributed by atoms with Crippen molar-refractivity contribution < 1.29 is 28.4 Å². The smallest absolute Gasteiger partial charge is 0.231 e. The molecule has 4 aliphatic rings. The number of rotatable bonds is 4. The zero-order valence-corrected chi connectivity index (χ0v) is 20.9. The minimum atomic E-state index is 0. The van der Waals surface area contributed by atoms with Gasteiger partial charge < -0.3 is 28.4 Å². The Kier molecular flexibility index (Phi) is 8.27. The second-order valence-corrected chi connectivity index (χ2v) is 9.51. The van der Waals surface area contributed by atoms with Crippen molar-refractivity contribution in [1.82, 2.24) is 0 Å². The standard InChI is InChI=1S/C13H15BrO3.C13H16O3.CH4/c1-2-3-10-12-8(4-5-15-10)9(14)6-11-13(12)17-7-16-11;1-2-3-10-12-9(6-7-14-10)4-5-11-13(12)16-8-15-11;/h6,10H,2-5,7H2,1H3;4-5,10H,2-3,6-8H2,1H3;1H4. The molecule has 2 unspecified atom stereocenters. The first-order valence-electron chi connectivity index (χ1n) is 12.0. The van der Waals surface area contributed by atoms with E-state index < -0.39 is 0 Å². The van der Waals surface area contributed by atoms with E-state index in [1.54, 1.807) is 0 Å². The van der Waals surface area contributed by atoms with E-state index in [-0.39, 0.29) is 19.6 Å². The van der Waals surface area contributed by atoms with Crippen LogP contribution in [0.5, 0.6) is 23.0 Å². The summed E-state index contributed by atoms with van der Waals surface area (Å²) in [6.45, 7) is 6.61. The van der Waals surface area contributed by atoms with Crippen molar-refractivity contribution in [3.63, 3.8) is 0 Å². The second-order valence-electron chi connectivity index (χ2n) is 8.65. The van der Waals surface area contributed by atoms with Gasteiger partial charge in [0.25, 0.3) is 0 Å². The molecule has 0 amide bonds. The van der Waals surface area contributed by atoms with Gasteiger partial charge in [0, 0.05) is 15.6 Å². The lowest BCUT2D eigenvalue weighted by Gasteiger charge is -2.27. The van der Waals surface area contributed by atoms with Gasteiger partial charge in [0.05, 0.1) is 25.4 Å². The van der Waals surface area contributed by atoms with Gasteiger partial charge >= 0.3 is 0 Å². The van der Waals surface area contributed by atoms with Gasteiger partial charge in [-0.25, -0.2) is 0 Å². The molecule has 0 saturated carbocycles. The Morgan fingerprint density at radius 1 is 0.794 bits per heavy atom. The molecular formula is C27H35BrO6. The first-order chi connectivity index (χ1) is 16.2. The number of hydrogen-bond acceptors (Lipinski definition) is 6. The summed E-state index contributed by atoms with van der Waals surface area (Å²) < 4.78 is 34.9. The molecule has 0 aliphatic carbocycles. The number of halogens is 1. The maximum absolute atomic E-state index is 5.87. The Bertz CT molecular complexity index is 1000. The molecule has 0 spiro atoms. The van der Waals surface area contributed by atoms with Crippen molar-refractivity contribution in [1.29, 1.82) is 0 Å². The van der Waals surface area contributed by atoms with Crippen LogP contribution in [0.3, 0.4) is 0 Å². The van der Waals surface area contributed by atoms with Crippen molar-refractivity contribution in [3.05, 3.63) is 44.9 Å². The van der Waals surface area contributed by atoms with E-state index in [0.29, 0.717) is 13.6 Å². The fourth-order valence-corrected chi connectivity index (χ4v) is 5.66. The molecule has 186 valence electrons. The normalized spacial score (nSPS) is 21.0. The summed E-state index contributed by atoms with van der Waals surface area (Å²) in [7, 11) is 0. The zero-order chi connectivity index (χ0) is 22.8. The van der Waals surface area contributed by atoms with Crippen LogP contribution in [0.4, 0.5) is 0 Å². The van der Waals surface area contributed by atoms with Crippen LogP contribution < -0.4 is 18.9 Å². The number of benzene rings is 2. The summed E-state index contributed by atoms with van der Waals surface area (Å²) >= 11 is 3.62. The third-order valence-electron chi connectivity index (χ3n) is 6.53. The molecule has 6 rings (SSSR count). The molecule has 6 nitrogen and oxygen atoms in total. The second kappa shape index (κ2) is 11.2. The fraction of sp³-hybridized carbons (Fsp3) is 0.556. The summed E-state index contributed by atoms with van der Waals surface area (Å²) in [6.07, 6.45) is 6.55. The molecule has 2 aromatic carbocycles. The summed E-state index contributed by atoms with van der Waals surface area (Å²) in [6, 6.07) is 6.17. The lowest BCUT2D eigenvalue weighted by molar-refractivity contribution is 0.0335. The molecule has 2 aromatic rings. The van der Waals surface area contributed by atoms with Gasteiger partial charge in [0.15, 0.2) is 23.0 Å². The average molecular weight is 535 g/mol. The third kappa shape index (κ3) is 4.75. The van der Waals surface area contributed by atoms with Crippen LogP contribution in [0, 0.1) is 0 Å². The van der Waals surface area contributed by atoms with Gasteiger partial charge in [-0.1, -0.05) is 56.1 Å². The van der Waals surface area contributed by atoms with Crippen LogP contribution in [-0.2, 0) is 22.3 Å². The number of ether oxygens (including phenoxy) is 6.